The van der Waals surface area contributed by atoms with Gasteiger partial charge in [-0.1, -0.05) is 56.3 Å². The third kappa shape index (κ3) is 6.28. The number of nitrogens with one attached hydrogen (secondary N) is 2. The fraction of sp³-hybridized carbons (Fsp3) is 0.458. The first-order chi connectivity index (χ1) is 15.0. The highest BCUT2D eigenvalue weighted by Gasteiger charge is 2.27. The molecule has 7 heteroatoms. The van der Waals surface area contributed by atoms with E-state index >= 15 is 0 Å². The molecular weight excluding hydrogens is 394 g/mol. The Morgan fingerprint density at radius 3 is 2.48 bits per heavy atom. The van der Waals surface area contributed by atoms with E-state index in [1.165, 1.54) is 0 Å². The van der Waals surface area contributed by atoms with Crippen molar-refractivity contribution >= 4 is 29.0 Å². The standard InChI is InChI=1S/C24H31N3O4/c1-17(2)14-20(16-28)25-23(29)22(26-24(30)27-10-12-31-13-11-27)15-19-8-5-7-18-6-3-4-9-21(18)19/h3-9,16-17,20,22H,10-15H2,1-2H3,(H,25,29)(H,26,30)/t20-,22-/m0/s1. The fourth-order valence-corrected chi connectivity index (χ4v) is 3.85. The van der Waals surface area contributed by atoms with Crippen LogP contribution in [0.4, 0.5) is 4.79 Å². The molecular formula is C24H31N3O4. The summed E-state index contributed by atoms with van der Waals surface area (Å²) in [4.78, 5) is 39.1. The van der Waals surface area contributed by atoms with E-state index in [-0.39, 0.29) is 17.9 Å². The van der Waals surface area contributed by atoms with Crippen molar-refractivity contribution in [2.24, 2.45) is 5.92 Å². The Balaban J connectivity index is 1.81. The average Bonchev–Trinajstić information content (AvgIpc) is 2.78. The molecule has 1 aliphatic heterocycles. The van der Waals surface area contributed by atoms with Gasteiger partial charge < -0.3 is 25.1 Å². The Morgan fingerprint density at radius 1 is 1.06 bits per heavy atom. The summed E-state index contributed by atoms with van der Waals surface area (Å²) in [5, 5.41) is 7.81. The number of hydrogen-bond acceptors (Lipinski definition) is 4. The van der Waals surface area contributed by atoms with Gasteiger partial charge in [0.25, 0.3) is 0 Å². The molecule has 7 nitrogen and oxygen atoms in total. The highest BCUT2D eigenvalue weighted by molar-refractivity contribution is 5.91. The predicted molar refractivity (Wildman–Crippen MR) is 120 cm³/mol. The van der Waals surface area contributed by atoms with Gasteiger partial charge in [0.15, 0.2) is 0 Å². The van der Waals surface area contributed by atoms with Crippen molar-refractivity contribution in [2.45, 2.75) is 38.8 Å². The minimum absolute atomic E-state index is 0.259. The Hall–Kier alpha value is -2.93. The van der Waals surface area contributed by atoms with E-state index in [0.717, 1.165) is 22.6 Å². The Morgan fingerprint density at radius 2 is 1.77 bits per heavy atom. The second-order valence-electron chi connectivity index (χ2n) is 8.32. The molecule has 1 heterocycles. The molecule has 3 amide bonds. The lowest BCUT2D eigenvalue weighted by molar-refractivity contribution is -0.125. The van der Waals surface area contributed by atoms with Crippen LogP contribution in [0.5, 0.6) is 0 Å². The second-order valence-corrected chi connectivity index (χ2v) is 8.32. The van der Waals surface area contributed by atoms with Crippen LogP contribution in [0, 0.1) is 5.92 Å². The first-order valence-electron chi connectivity index (χ1n) is 10.8. The first-order valence-corrected chi connectivity index (χ1v) is 10.8. The molecule has 1 saturated heterocycles. The molecule has 0 aliphatic carbocycles. The van der Waals surface area contributed by atoms with E-state index in [9.17, 15) is 14.4 Å². The number of benzene rings is 2. The first kappa shape index (κ1) is 22.7. The number of fused-ring (bicyclic) bond motifs is 1. The van der Waals surface area contributed by atoms with Gasteiger partial charge in [-0.3, -0.25) is 4.79 Å². The zero-order valence-electron chi connectivity index (χ0n) is 18.2. The molecule has 0 bridgehead atoms. The van der Waals surface area contributed by atoms with Crippen LogP contribution in [0.3, 0.4) is 0 Å². The lowest BCUT2D eigenvalue weighted by atomic mass is 9.98. The molecule has 1 fully saturated rings. The third-order valence-electron chi connectivity index (χ3n) is 5.43. The maximum Gasteiger partial charge on any atom is 0.318 e. The number of aldehydes is 1. The van der Waals surface area contributed by atoms with E-state index in [0.29, 0.717) is 39.1 Å². The molecule has 2 atom stereocenters. The van der Waals surface area contributed by atoms with E-state index in [2.05, 4.69) is 10.6 Å². The molecule has 1 aliphatic rings. The molecule has 2 aromatic rings. The van der Waals surface area contributed by atoms with Crippen LogP contribution in [0.2, 0.25) is 0 Å². The summed E-state index contributed by atoms with van der Waals surface area (Å²) >= 11 is 0. The number of urea groups is 1. The molecule has 0 aromatic heterocycles. The smallest absolute Gasteiger partial charge is 0.318 e. The number of rotatable bonds is 8. The van der Waals surface area contributed by atoms with Crippen molar-refractivity contribution in [1.29, 1.82) is 0 Å². The van der Waals surface area contributed by atoms with Crippen LogP contribution in [0.15, 0.2) is 42.5 Å². The summed E-state index contributed by atoms with van der Waals surface area (Å²) in [5.41, 5.74) is 0.965. The topological polar surface area (TPSA) is 87.7 Å². The summed E-state index contributed by atoms with van der Waals surface area (Å²) in [6.07, 6.45) is 1.64. The van der Waals surface area contributed by atoms with Crippen molar-refractivity contribution < 1.29 is 19.1 Å². The maximum absolute atomic E-state index is 13.1. The normalized spacial score (nSPS) is 16.0. The average molecular weight is 426 g/mol. The van der Waals surface area contributed by atoms with E-state index in [1.54, 1.807) is 4.90 Å². The Labute approximate surface area is 183 Å². The number of hydrogen-bond donors (Lipinski definition) is 2. The highest BCUT2D eigenvalue weighted by Crippen LogP contribution is 2.20. The molecule has 0 saturated carbocycles. The number of carbonyl (C=O) groups is 3. The maximum atomic E-state index is 13.1. The number of ether oxygens (including phenoxy) is 1. The molecule has 0 spiro atoms. The largest absolute Gasteiger partial charge is 0.378 e. The van der Waals surface area contributed by atoms with Crippen LogP contribution in [-0.2, 0) is 20.7 Å². The molecule has 3 rings (SSSR count). The number of carbonyl (C=O) groups excluding carboxylic acids is 3. The van der Waals surface area contributed by atoms with Gasteiger partial charge in [-0.05, 0) is 28.7 Å². The predicted octanol–water partition coefficient (Wildman–Crippen LogP) is 2.52. The Bertz CT molecular complexity index is 903. The molecule has 2 aromatic carbocycles. The highest BCUT2D eigenvalue weighted by atomic mass is 16.5. The van der Waals surface area contributed by atoms with Crippen LogP contribution < -0.4 is 10.6 Å². The van der Waals surface area contributed by atoms with Gasteiger partial charge in [-0.15, -0.1) is 0 Å². The second kappa shape index (κ2) is 10.9. The van der Waals surface area contributed by atoms with Gasteiger partial charge in [0.1, 0.15) is 12.3 Å². The van der Waals surface area contributed by atoms with Crippen LogP contribution in [0.1, 0.15) is 25.8 Å². The van der Waals surface area contributed by atoms with Crippen LogP contribution in [0.25, 0.3) is 10.8 Å². The lowest BCUT2D eigenvalue weighted by Crippen LogP contribution is -2.55. The molecule has 166 valence electrons. The zero-order valence-corrected chi connectivity index (χ0v) is 18.2. The van der Waals surface area contributed by atoms with Gasteiger partial charge in [0.05, 0.1) is 19.3 Å². The SMILES string of the molecule is CC(C)C[C@@H](C=O)NC(=O)[C@H](Cc1cccc2ccccc12)NC(=O)N1CCOCC1. The summed E-state index contributed by atoms with van der Waals surface area (Å²) in [7, 11) is 0. The van der Waals surface area contributed by atoms with Gasteiger partial charge in [-0.2, -0.15) is 0 Å². The van der Waals surface area contributed by atoms with Gasteiger partial charge >= 0.3 is 6.03 Å². The van der Waals surface area contributed by atoms with Crippen molar-refractivity contribution in [2.75, 3.05) is 26.3 Å². The van der Waals surface area contributed by atoms with E-state index in [1.807, 2.05) is 56.3 Å². The van der Waals surface area contributed by atoms with Crippen molar-refractivity contribution in [1.82, 2.24) is 15.5 Å². The fourth-order valence-electron chi connectivity index (χ4n) is 3.85. The van der Waals surface area contributed by atoms with E-state index in [4.69, 9.17) is 4.74 Å². The third-order valence-corrected chi connectivity index (χ3v) is 5.43. The lowest BCUT2D eigenvalue weighted by Gasteiger charge is -2.29. The number of amides is 3. The van der Waals surface area contributed by atoms with Crippen LogP contribution >= 0.6 is 0 Å². The summed E-state index contributed by atoms with van der Waals surface area (Å²) < 4.78 is 5.31. The summed E-state index contributed by atoms with van der Waals surface area (Å²) in [6, 6.07) is 12.2. The van der Waals surface area contributed by atoms with E-state index < -0.39 is 12.1 Å². The molecule has 0 radical (unpaired) electrons. The van der Waals surface area contributed by atoms with Crippen LogP contribution in [-0.4, -0.2) is 61.5 Å². The quantitative estimate of drug-likeness (QED) is 0.636. The minimum atomic E-state index is -0.796. The van der Waals surface area contributed by atoms with Crippen molar-refractivity contribution in [3.05, 3.63) is 48.0 Å². The zero-order chi connectivity index (χ0) is 22.2. The summed E-state index contributed by atoms with van der Waals surface area (Å²) in [6.45, 7) is 5.93. The monoisotopic (exact) mass is 425 g/mol. The number of morpholine rings is 1. The molecule has 2 N–H and O–H groups in total. The van der Waals surface area contributed by atoms with Gasteiger partial charge in [-0.25, -0.2) is 4.79 Å². The van der Waals surface area contributed by atoms with Crippen molar-refractivity contribution in [3.63, 3.8) is 0 Å². The number of nitrogens with zero attached hydrogens (tertiary/aromatic N) is 1. The molecule has 31 heavy (non-hydrogen) atoms. The summed E-state index contributed by atoms with van der Waals surface area (Å²) in [5.74, 6) is -0.0951. The van der Waals surface area contributed by atoms with Gasteiger partial charge in [0.2, 0.25) is 5.91 Å². The van der Waals surface area contributed by atoms with Crippen molar-refractivity contribution in [3.8, 4) is 0 Å². The Kier molecular flexibility index (Phi) is 8.00. The van der Waals surface area contributed by atoms with Gasteiger partial charge in [0, 0.05) is 19.5 Å². The minimum Gasteiger partial charge on any atom is -0.378 e. The molecule has 0 unspecified atom stereocenters.